The summed E-state index contributed by atoms with van der Waals surface area (Å²) in [5.41, 5.74) is -0.751. The lowest BCUT2D eigenvalue weighted by Crippen LogP contribution is -2.60. The summed E-state index contributed by atoms with van der Waals surface area (Å²) in [6, 6.07) is 0. The molecule has 0 aromatic carbocycles. The molecule has 1 fully saturated rings. The fourth-order valence-electron chi connectivity index (χ4n) is 0.930. The summed E-state index contributed by atoms with van der Waals surface area (Å²) in [5, 5.41) is 12.5. The van der Waals surface area contributed by atoms with E-state index in [1.807, 2.05) is 0 Å². The van der Waals surface area contributed by atoms with Crippen molar-refractivity contribution in [2.24, 2.45) is 0 Å². The van der Waals surface area contributed by atoms with Crippen LogP contribution in [-0.4, -0.2) is 36.0 Å². The molecule has 1 saturated heterocycles. The van der Waals surface area contributed by atoms with E-state index in [-0.39, 0.29) is 5.60 Å². The summed E-state index contributed by atoms with van der Waals surface area (Å²) in [4.78, 5) is 0. The molecule has 0 radical (unpaired) electrons. The Morgan fingerprint density at radius 3 is 2.36 bits per heavy atom. The molecule has 1 aliphatic heterocycles. The molecule has 0 amide bonds. The lowest BCUT2D eigenvalue weighted by Gasteiger charge is -2.40. The van der Waals surface area contributed by atoms with Gasteiger partial charge in [0, 0.05) is 13.1 Å². The molecule has 0 unspecified atom stereocenters. The normalized spacial score (nSPS) is 22.9. The van der Waals surface area contributed by atoms with E-state index in [4.69, 9.17) is 4.74 Å². The molecular formula is C8H17NO2. The summed E-state index contributed by atoms with van der Waals surface area (Å²) < 4.78 is 5.52. The molecule has 1 heterocycles. The maximum absolute atomic E-state index is 9.36. The van der Waals surface area contributed by atoms with Crippen molar-refractivity contribution in [2.45, 2.75) is 32.0 Å². The third-order valence-corrected chi connectivity index (χ3v) is 1.77. The van der Waals surface area contributed by atoms with Gasteiger partial charge in [-0.05, 0) is 20.8 Å². The Morgan fingerprint density at radius 2 is 2.09 bits per heavy atom. The van der Waals surface area contributed by atoms with Gasteiger partial charge in [0.15, 0.2) is 0 Å². The van der Waals surface area contributed by atoms with Crippen LogP contribution in [0.4, 0.5) is 0 Å². The Hall–Kier alpha value is -0.120. The average Bonchev–Trinajstić information content (AvgIpc) is 1.77. The smallest absolute Gasteiger partial charge is 0.0903 e. The fourth-order valence-corrected chi connectivity index (χ4v) is 0.930. The standard InChI is InChI=1S/C8H17NO2/c1-7(2,10)6-11-8(3)4-9-5-8/h9-10H,4-6H2,1-3H3. The van der Waals surface area contributed by atoms with Gasteiger partial charge in [0.1, 0.15) is 0 Å². The zero-order valence-electron chi connectivity index (χ0n) is 7.48. The third-order valence-electron chi connectivity index (χ3n) is 1.77. The van der Waals surface area contributed by atoms with Gasteiger partial charge in [-0.3, -0.25) is 0 Å². The van der Waals surface area contributed by atoms with Crippen molar-refractivity contribution in [3.63, 3.8) is 0 Å². The van der Waals surface area contributed by atoms with E-state index < -0.39 is 5.60 Å². The maximum Gasteiger partial charge on any atom is 0.0903 e. The first-order valence-corrected chi connectivity index (χ1v) is 3.98. The Morgan fingerprint density at radius 1 is 1.55 bits per heavy atom. The predicted octanol–water partition coefficient (Wildman–Crippen LogP) is 0.136. The van der Waals surface area contributed by atoms with Crippen molar-refractivity contribution < 1.29 is 9.84 Å². The summed E-state index contributed by atoms with van der Waals surface area (Å²) in [6.07, 6.45) is 0. The van der Waals surface area contributed by atoms with E-state index in [2.05, 4.69) is 12.2 Å². The van der Waals surface area contributed by atoms with Crippen molar-refractivity contribution in [2.75, 3.05) is 19.7 Å². The summed E-state index contributed by atoms with van der Waals surface area (Å²) in [7, 11) is 0. The molecule has 1 rings (SSSR count). The Kier molecular flexibility index (Phi) is 2.23. The van der Waals surface area contributed by atoms with Crippen molar-refractivity contribution in [3.05, 3.63) is 0 Å². The summed E-state index contributed by atoms with van der Waals surface area (Å²) in [6.45, 7) is 7.75. The highest BCUT2D eigenvalue weighted by Crippen LogP contribution is 2.17. The van der Waals surface area contributed by atoms with E-state index in [1.54, 1.807) is 13.8 Å². The Balaban J connectivity index is 2.21. The summed E-state index contributed by atoms with van der Waals surface area (Å²) in [5.74, 6) is 0. The van der Waals surface area contributed by atoms with Crippen LogP contribution in [0.1, 0.15) is 20.8 Å². The van der Waals surface area contributed by atoms with Gasteiger partial charge < -0.3 is 15.2 Å². The van der Waals surface area contributed by atoms with Crippen molar-refractivity contribution in [3.8, 4) is 0 Å². The molecule has 0 spiro atoms. The van der Waals surface area contributed by atoms with Gasteiger partial charge >= 0.3 is 0 Å². The third kappa shape index (κ3) is 2.77. The van der Waals surface area contributed by atoms with Gasteiger partial charge in [-0.25, -0.2) is 0 Å². The minimum absolute atomic E-state index is 0.0417. The highest BCUT2D eigenvalue weighted by atomic mass is 16.5. The number of rotatable bonds is 3. The first-order valence-electron chi connectivity index (χ1n) is 3.98. The predicted molar refractivity (Wildman–Crippen MR) is 43.5 cm³/mol. The van der Waals surface area contributed by atoms with Gasteiger partial charge in [-0.1, -0.05) is 0 Å². The van der Waals surface area contributed by atoms with Crippen molar-refractivity contribution >= 4 is 0 Å². The first-order chi connectivity index (χ1) is 4.91. The number of hydrogen-bond acceptors (Lipinski definition) is 3. The minimum Gasteiger partial charge on any atom is -0.388 e. The highest BCUT2D eigenvalue weighted by Gasteiger charge is 2.33. The van der Waals surface area contributed by atoms with Crippen LogP contribution in [0.5, 0.6) is 0 Å². The minimum atomic E-state index is -0.710. The number of ether oxygens (including phenoxy) is 1. The lowest BCUT2D eigenvalue weighted by molar-refractivity contribution is -0.119. The molecule has 1 aliphatic rings. The van der Waals surface area contributed by atoms with Gasteiger partial charge in [-0.2, -0.15) is 0 Å². The largest absolute Gasteiger partial charge is 0.388 e. The van der Waals surface area contributed by atoms with Crippen LogP contribution in [0, 0.1) is 0 Å². The molecule has 0 saturated carbocycles. The monoisotopic (exact) mass is 159 g/mol. The second-order valence-electron chi connectivity index (χ2n) is 4.15. The van der Waals surface area contributed by atoms with E-state index in [1.165, 1.54) is 0 Å². The van der Waals surface area contributed by atoms with Gasteiger partial charge in [0.05, 0.1) is 17.8 Å². The van der Waals surface area contributed by atoms with Crippen LogP contribution >= 0.6 is 0 Å². The van der Waals surface area contributed by atoms with Crippen LogP contribution in [0.2, 0.25) is 0 Å². The molecular weight excluding hydrogens is 142 g/mol. The molecule has 2 N–H and O–H groups in total. The number of nitrogens with one attached hydrogen (secondary N) is 1. The zero-order chi connectivity index (χ0) is 8.54. The zero-order valence-corrected chi connectivity index (χ0v) is 7.48. The summed E-state index contributed by atoms with van der Waals surface area (Å²) >= 11 is 0. The second-order valence-corrected chi connectivity index (χ2v) is 4.15. The molecule has 0 atom stereocenters. The van der Waals surface area contributed by atoms with Gasteiger partial charge in [0.25, 0.3) is 0 Å². The molecule has 3 heteroatoms. The van der Waals surface area contributed by atoms with Crippen LogP contribution in [0.3, 0.4) is 0 Å². The first kappa shape index (κ1) is 8.97. The second kappa shape index (κ2) is 2.73. The van der Waals surface area contributed by atoms with E-state index in [0.29, 0.717) is 6.61 Å². The Labute approximate surface area is 67.7 Å². The van der Waals surface area contributed by atoms with Gasteiger partial charge in [0.2, 0.25) is 0 Å². The molecule has 3 nitrogen and oxygen atoms in total. The van der Waals surface area contributed by atoms with Crippen LogP contribution < -0.4 is 5.32 Å². The quantitative estimate of drug-likeness (QED) is 0.615. The molecule has 66 valence electrons. The van der Waals surface area contributed by atoms with Crippen LogP contribution in [-0.2, 0) is 4.74 Å². The van der Waals surface area contributed by atoms with E-state index in [0.717, 1.165) is 13.1 Å². The average molecular weight is 159 g/mol. The lowest BCUT2D eigenvalue weighted by atomic mass is 9.99. The number of hydrogen-bond donors (Lipinski definition) is 2. The SMILES string of the molecule is CC(C)(O)COC1(C)CNC1. The number of aliphatic hydroxyl groups is 1. The molecule has 0 aromatic heterocycles. The maximum atomic E-state index is 9.36. The van der Waals surface area contributed by atoms with Crippen molar-refractivity contribution in [1.29, 1.82) is 0 Å². The van der Waals surface area contributed by atoms with Crippen LogP contribution in [0.25, 0.3) is 0 Å². The topological polar surface area (TPSA) is 41.5 Å². The van der Waals surface area contributed by atoms with E-state index in [9.17, 15) is 5.11 Å². The molecule has 0 bridgehead atoms. The van der Waals surface area contributed by atoms with Gasteiger partial charge in [-0.15, -0.1) is 0 Å². The van der Waals surface area contributed by atoms with Crippen molar-refractivity contribution in [1.82, 2.24) is 5.32 Å². The Bertz CT molecular complexity index is 136. The molecule has 0 aliphatic carbocycles. The highest BCUT2D eigenvalue weighted by molar-refractivity contribution is 4.90. The molecule has 0 aromatic rings. The molecule has 11 heavy (non-hydrogen) atoms. The van der Waals surface area contributed by atoms with Crippen LogP contribution in [0.15, 0.2) is 0 Å². The van der Waals surface area contributed by atoms with E-state index >= 15 is 0 Å². The fraction of sp³-hybridized carbons (Fsp3) is 1.00.